The molecule has 0 saturated heterocycles. The normalized spacial score (nSPS) is 42.4. The first-order valence-electron chi connectivity index (χ1n) is 13.3. The van der Waals surface area contributed by atoms with Gasteiger partial charge in [-0.15, -0.1) is 11.3 Å². The molecule has 1 aromatic carbocycles. The minimum Gasteiger partial charge on any atom is -0.388 e. The van der Waals surface area contributed by atoms with E-state index in [1.165, 1.54) is 68.2 Å². The Kier molecular flexibility index (Phi) is 5.74. The minimum absolute atomic E-state index is 0.0680. The Morgan fingerprint density at radius 3 is 2.64 bits per heavy atom. The van der Waals surface area contributed by atoms with E-state index in [-0.39, 0.29) is 5.41 Å². The van der Waals surface area contributed by atoms with E-state index in [1.807, 2.05) is 6.20 Å². The van der Waals surface area contributed by atoms with E-state index in [0.29, 0.717) is 11.3 Å². The fraction of sp³-hybridized carbons (Fsp3) is 0.690. The average molecular weight is 482 g/mol. The van der Waals surface area contributed by atoms with Crippen LogP contribution in [0.5, 0.6) is 0 Å². The molecule has 33 heavy (non-hydrogen) atoms. The lowest BCUT2D eigenvalue weighted by molar-refractivity contribution is -0.143. The molecule has 7 atom stereocenters. The van der Waals surface area contributed by atoms with Crippen LogP contribution in [0.2, 0.25) is 0 Å². The highest BCUT2D eigenvalue weighted by Crippen LogP contribution is 2.68. The number of hydrogen-bond acceptors (Lipinski definition) is 4. The Morgan fingerprint density at radius 1 is 0.970 bits per heavy atom. The number of rotatable bonds is 4. The lowest BCUT2D eigenvalue weighted by Crippen LogP contribution is -2.56. The molecule has 0 spiro atoms. The number of benzene rings is 1. The summed E-state index contributed by atoms with van der Waals surface area (Å²) in [5.41, 5.74) is 1.32. The van der Waals surface area contributed by atoms with Crippen molar-refractivity contribution in [1.82, 2.24) is 4.98 Å². The molecule has 4 aliphatic rings. The lowest BCUT2D eigenvalue weighted by atomic mass is 9.44. The number of fused-ring (bicyclic) bond motifs is 5. The fourth-order valence-corrected chi connectivity index (χ4v) is 11.2. The SMILES string of the molecule is C[C@]12CCCC[C@@H]1CC[C@@H]1[C@@H]2CC[C@@]2(C)[C@H]1CC[C@@]2(O)CSc1ncc(-c2ccccc2)s1. The molecule has 0 aliphatic heterocycles. The lowest BCUT2D eigenvalue weighted by Gasteiger charge is -2.61. The van der Waals surface area contributed by atoms with E-state index in [2.05, 4.69) is 44.2 Å². The Hall–Kier alpha value is -0.840. The van der Waals surface area contributed by atoms with Crippen molar-refractivity contribution < 1.29 is 5.11 Å². The molecule has 4 heteroatoms. The van der Waals surface area contributed by atoms with Crippen molar-refractivity contribution in [3.05, 3.63) is 36.5 Å². The monoisotopic (exact) mass is 481 g/mol. The summed E-state index contributed by atoms with van der Waals surface area (Å²) in [5.74, 6) is 4.21. The van der Waals surface area contributed by atoms with Crippen LogP contribution < -0.4 is 0 Å². The van der Waals surface area contributed by atoms with Crippen molar-refractivity contribution in [2.75, 3.05) is 5.75 Å². The second kappa shape index (κ2) is 8.38. The molecule has 0 amide bonds. The van der Waals surface area contributed by atoms with Gasteiger partial charge < -0.3 is 5.11 Å². The molecule has 1 aromatic heterocycles. The van der Waals surface area contributed by atoms with Crippen LogP contribution in [0.25, 0.3) is 10.4 Å². The number of aliphatic hydroxyl groups is 1. The van der Waals surface area contributed by atoms with Gasteiger partial charge in [0.25, 0.3) is 0 Å². The van der Waals surface area contributed by atoms with Gasteiger partial charge in [-0.05, 0) is 86.0 Å². The molecule has 0 radical (unpaired) electrons. The molecule has 178 valence electrons. The number of hydrogen-bond donors (Lipinski definition) is 1. The highest BCUT2D eigenvalue weighted by Gasteiger charge is 2.64. The van der Waals surface area contributed by atoms with Gasteiger partial charge in [0.2, 0.25) is 0 Å². The molecule has 0 unspecified atom stereocenters. The van der Waals surface area contributed by atoms with E-state index in [9.17, 15) is 5.11 Å². The topological polar surface area (TPSA) is 33.1 Å². The second-order valence-electron chi connectivity index (χ2n) is 12.1. The van der Waals surface area contributed by atoms with Crippen LogP contribution in [0, 0.1) is 34.5 Å². The van der Waals surface area contributed by atoms with E-state index in [1.54, 1.807) is 23.1 Å². The summed E-state index contributed by atoms with van der Waals surface area (Å²) in [6.45, 7) is 5.11. The maximum atomic E-state index is 12.1. The van der Waals surface area contributed by atoms with Gasteiger partial charge in [-0.3, -0.25) is 0 Å². The predicted octanol–water partition coefficient (Wildman–Crippen LogP) is 8.07. The van der Waals surface area contributed by atoms with Gasteiger partial charge in [0.1, 0.15) is 4.34 Å². The maximum absolute atomic E-state index is 12.1. The standard InChI is InChI=1S/C29H39NOS2/c1-27-15-7-6-10-21(27)11-12-22-23(27)13-16-28(2)24(22)14-17-29(28,31)19-32-26-30-18-25(33-26)20-8-4-3-5-9-20/h3-5,8-9,18,21-24,31H,6-7,10-17,19H2,1-2H3/t21-,22-,23+,24+,27+,28+,29-/m1/s1. The van der Waals surface area contributed by atoms with Gasteiger partial charge >= 0.3 is 0 Å². The van der Waals surface area contributed by atoms with Gasteiger partial charge in [0.15, 0.2) is 0 Å². The number of aromatic nitrogens is 1. The van der Waals surface area contributed by atoms with Gasteiger partial charge in [0, 0.05) is 17.4 Å². The van der Waals surface area contributed by atoms with Crippen molar-refractivity contribution >= 4 is 23.1 Å². The van der Waals surface area contributed by atoms with E-state index in [0.717, 1.165) is 34.3 Å². The molecule has 1 N–H and O–H groups in total. The molecule has 0 bridgehead atoms. The van der Waals surface area contributed by atoms with E-state index >= 15 is 0 Å². The maximum Gasteiger partial charge on any atom is 0.150 e. The first kappa shape index (κ1) is 22.6. The molecule has 6 rings (SSSR count). The minimum atomic E-state index is -0.559. The third-order valence-electron chi connectivity index (χ3n) is 10.9. The van der Waals surface area contributed by atoms with Crippen molar-refractivity contribution in [3.63, 3.8) is 0 Å². The van der Waals surface area contributed by atoms with Crippen molar-refractivity contribution in [2.24, 2.45) is 34.5 Å². The first-order valence-corrected chi connectivity index (χ1v) is 15.1. The summed E-state index contributed by atoms with van der Waals surface area (Å²) in [4.78, 5) is 5.92. The zero-order valence-electron chi connectivity index (χ0n) is 20.3. The van der Waals surface area contributed by atoms with E-state index < -0.39 is 5.60 Å². The molecule has 2 nitrogen and oxygen atoms in total. The highest BCUT2D eigenvalue weighted by molar-refractivity contribution is 8.01. The van der Waals surface area contributed by atoms with Crippen LogP contribution in [0.3, 0.4) is 0 Å². The van der Waals surface area contributed by atoms with Crippen LogP contribution in [-0.4, -0.2) is 21.4 Å². The molecule has 4 aliphatic carbocycles. The summed E-state index contributed by atoms with van der Waals surface area (Å²) in [6, 6.07) is 10.5. The van der Waals surface area contributed by atoms with Crippen molar-refractivity contribution in [3.8, 4) is 10.4 Å². The van der Waals surface area contributed by atoms with Gasteiger partial charge in [0.05, 0.1) is 10.5 Å². The Balaban J connectivity index is 1.18. The van der Waals surface area contributed by atoms with Gasteiger partial charge in [-0.25, -0.2) is 4.98 Å². The number of nitrogens with zero attached hydrogens (tertiary/aromatic N) is 1. The fourth-order valence-electron chi connectivity index (χ4n) is 8.88. The Labute approximate surface area is 208 Å². The smallest absolute Gasteiger partial charge is 0.150 e. The largest absolute Gasteiger partial charge is 0.388 e. The summed E-state index contributed by atoms with van der Waals surface area (Å²) in [6.07, 6.45) is 15.4. The van der Waals surface area contributed by atoms with E-state index in [4.69, 9.17) is 4.98 Å². The van der Waals surface area contributed by atoms with Gasteiger partial charge in [-0.1, -0.05) is 68.8 Å². The highest BCUT2D eigenvalue weighted by atomic mass is 32.2. The molecule has 2 aromatic rings. The van der Waals surface area contributed by atoms with Crippen molar-refractivity contribution in [2.45, 2.75) is 88.0 Å². The quantitative estimate of drug-likeness (QED) is 0.448. The third kappa shape index (κ3) is 3.57. The third-order valence-corrected chi connectivity index (χ3v) is 13.3. The molecule has 1 heterocycles. The molecular weight excluding hydrogens is 442 g/mol. The first-order chi connectivity index (χ1) is 15.9. The van der Waals surface area contributed by atoms with Crippen LogP contribution in [0.15, 0.2) is 40.9 Å². The average Bonchev–Trinajstić information content (AvgIpc) is 3.41. The molecule has 4 saturated carbocycles. The Morgan fingerprint density at radius 2 is 1.79 bits per heavy atom. The van der Waals surface area contributed by atoms with Crippen molar-refractivity contribution in [1.29, 1.82) is 0 Å². The summed E-state index contributed by atoms with van der Waals surface area (Å²) >= 11 is 3.56. The second-order valence-corrected chi connectivity index (χ2v) is 14.3. The summed E-state index contributed by atoms with van der Waals surface area (Å²) < 4.78 is 1.10. The summed E-state index contributed by atoms with van der Waals surface area (Å²) in [5, 5.41) is 12.1. The zero-order valence-corrected chi connectivity index (χ0v) is 21.9. The molecular formula is C29H39NOS2. The van der Waals surface area contributed by atoms with Crippen LogP contribution >= 0.6 is 23.1 Å². The Bertz CT molecular complexity index is 991. The van der Waals surface area contributed by atoms with Crippen LogP contribution in [0.4, 0.5) is 0 Å². The van der Waals surface area contributed by atoms with Crippen LogP contribution in [0.1, 0.15) is 78.1 Å². The predicted molar refractivity (Wildman–Crippen MR) is 140 cm³/mol. The number of thiazole rings is 1. The summed E-state index contributed by atoms with van der Waals surface area (Å²) in [7, 11) is 0. The zero-order chi connectivity index (χ0) is 22.7. The van der Waals surface area contributed by atoms with Gasteiger partial charge in [-0.2, -0.15) is 0 Å². The van der Waals surface area contributed by atoms with Crippen LogP contribution in [-0.2, 0) is 0 Å². The molecule has 4 fully saturated rings. The number of thioether (sulfide) groups is 1.